The van der Waals surface area contributed by atoms with E-state index in [1.165, 1.54) is 13.0 Å². The molecule has 5 nitrogen and oxygen atoms in total. The van der Waals surface area contributed by atoms with Crippen molar-refractivity contribution in [3.8, 4) is 0 Å². The van der Waals surface area contributed by atoms with Gasteiger partial charge >= 0.3 is 5.97 Å². The number of halogens is 1. The molecule has 1 amide bonds. The van der Waals surface area contributed by atoms with Gasteiger partial charge in [0.15, 0.2) is 0 Å². The van der Waals surface area contributed by atoms with Crippen LogP contribution >= 0.6 is 0 Å². The van der Waals surface area contributed by atoms with E-state index in [-0.39, 0.29) is 17.2 Å². The Balaban J connectivity index is 2.25. The van der Waals surface area contributed by atoms with E-state index in [0.29, 0.717) is 0 Å². The number of carbonyl (C=O) groups excluding carboxylic acids is 1. The van der Waals surface area contributed by atoms with Gasteiger partial charge in [-0.25, -0.2) is 9.18 Å². The first-order chi connectivity index (χ1) is 8.84. The lowest BCUT2D eigenvalue weighted by atomic mass is 9.95. The minimum atomic E-state index is -1.34. The molecule has 6 heteroatoms. The Morgan fingerprint density at radius 1 is 1.47 bits per heavy atom. The van der Waals surface area contributed by atoms with Crippen molar-refractivity contribution in [1.29, 1.82) is 0 Å². The zero-order valence-corrected chi connectivity index (χ0v) is 10.4. The van der Waals surface area contributed by atoms with Crippen molar-refractivity contribution in [3.63, 3.8) is 0 Å². The van der Waals surface area contributed by atoms with Crippen molar-refractivity contribution in [3.05, 3.63) is 29.6 Å². The Kier molecular flexibility index (Phi) is 3.18. The van der Waals surface area contributed by atoms with Gasteiger partial charge in [0, 0.05) is 5.69 Å². The minimum absolute atomic E-state index is 0.0480. The predicted molar refractivity (Wildman–Crippen MR) is 67.0 cm³/mol. The highest BCUT2D eigenvalue weighted by molar-refractivity contribution is 6.01. The summed E-state index contributed by atoms with van der Waals surface area (Å²) in [6.45, 7) is 1.46. The first-order valence-electron chi connectivity index (χ1n) is 5.95. The zero-order valence-electron chi connectivity index (χ0n) is 10.4. The molecule has 0 aliphatic heterocycles. The molecule has 1 aromatic carbocycles. The van der Waals surface area contributed by atoms with Crippen molar-refractivity contribution in [2.24, 2.45) is 5.92 Å². The number of carboxylic acid groups (broad SMARTS) is 1. The van der Waals surface area contributed by atoms with Gasteiger partial charge in [-0.05, 0) is 43.9 Å². The number of hydrogen-bond donors (Lipinski definition) is 3. The van der Waals surface area contributed by atoms with Gasteiger partial charge in [0.1, 0.15) is 11.4 Å². The van der Waals surface area contributed by atoms with Crippen LogP contribution in [0, 0.1) is 11.7 Å². The van der Waals surface area contributed by atoms with E-state index in [2.05, 4.69) is 5.32 Å². The van der Waals surface area contributed by atoms with Crippen LogP contribution in [-0.2, 0) is 4.79 Å². The molecule has 1 fully saturated rings. The molecule has 4 N–H and O–H groups in total. The summed E-state index contributed by atoms with van der Waals surface area (Å²) < 4.78 is 13.1. The number of carbonyl (C=O) groups is 2. The summed E-state index contributed by atoms with van der Waals surface area (Å²) in [6, 6.07) is 3.42. The molecule has 1 unspecified atom stereocenters. The quantitative estimate of drug-likeness (QED) is 0.718. The third-order valence-corrected chi connectivity index (χ3v) is 3.47. The smallest absolute Gasteiger partial charge is 0.329 e. The Hall–Kier alpha value is -2.11. The highest BCUT2D eigenvalue weighted by Crippen LogP contribution is 2.40. The average Bonchev–Trinajstić information content (AvgIpc) is 3.16. The SMILES string of the molecule is CC(NC(=O)c1cc(F)ccc1N)(C(=O)O)C1CC1. The summed E-state index contributed by atoms with van der Waals surface area (Å²) >= 11 is 0. The Labute approximate surface area is 109 Å². The van der Waals surface area contributed by atoms with Gasteiger partial charge in [0.2, 0.25) is 0 Å². The lowest BCUT2D eigenvalue weighted by Crippen LogP contribution is -2.54. The number of benzene rings is 1. The van der Waals surface area contributed by atoms with Gasteiger partial charge in [-0.15, -0.1) is 0 Å². The molecule has 102 valence electrons. The largest absolute Gasteiger partial charge is 0.480 e. The average molecular weight is 266 g/mol. The highest BCUT2D eigenvalue weighted by Gasteiger charge is 2.48. The fraction of sp³-hybridized carbons (Fsp3) is 0.385. The predicted octanol–water partition coefficient (Wildman–Crippen LogP) is 1.39. The lowest BCUT2D eigenvalue weighted by molar-refractivity contribution is -0.144. The summed E-state index contributed by atoms with van der Waals surface area (Å²) in [5.74, 6) is -2.46. The van der Waals surface area contributed by atoms with E-state index in [4.69, 9.17) is 5.73 Å². The maximum atomic E-state index is 13.1. The van der Waals surface area contributed by atoms with Crippen LogP contribution in [0.3, 0.4) is 0 Å². The standard InChI is InChI=1S/C13H15FN2O3/c1-13(12(18)19,7-2-3-7)16-11(17)9-6-8(14)4-5-10(9)15/h4-7H,2-3,15H2,1H3,(H,16,17)(H,18,19). The third kappa shape index (κ3) is 2.52. The Morgan fingerprint density at radius 3 is 2.63 bits per heavy atom. The Bertz CT molecular complexity index is 543. The van der Waals surface area contributed by atoms with Crippen molar-refractivity contribution in [1.82, 2.24) is 5.32 Å². The number of nitrogens with one attached hydrogen (secondary N) is 1. The molecular formula is C13H15FN2O3. The molecule has 1 aliphatic carbocycles. The topological polar surface area (TPSA) is 92.4 Å². The number of aliphatic carboxylic acids is 1. The van der Waals surface area contributed by atoms with Gasteiger partial charge in [-0.2, -0.15) is 0 Å². The molecule has 19 heavy (non-hydrogen) atoms. The number of nitrogens with two attached hydrogens (primary N) is 1. The van der Waals surface area contributed by atoms with E-state index < -0.39 is 23.2 Å². The second-order valence-corrected chi connectivity index (χ2v) is 4.97. The second-order valence-electron chi connectivity index (χ2n) is 4.97. The number of rotatable bonds is 4. The summed E-state index contributed by atoms with van der Waals surface area (Å²) in [7, 11) is 0. The molecule has 2 rings (SSSR count). The molecule has 0 aromatic heterocycles. The van der Waals surface area contributed by atoms with Crippen LogP contribution in [0.2, 0.25) is 0 Å². The molecular weight excluding hydrogens is 251 g/mol. The van der Waals surface area contributed by atoms with E-state index in [1.54, 1.807) is 0 Å². The second kappa shape index (κ2) is 4.53. The molecule has 1 saturated carbocycles. The number of hydrogen-bond acceptors (Lipinski definition) is 3. The van der Waals surface area contributed by atoms with Crippen LogP contribution in [0.4, 0.5) is 10.1 Å². The first-order valence-corrected chi connectivity index (χ1v) is 5.95. The molecule has 0 saturated heterocycles. The molecule has 1 aliphatic rings. The van der Waals surface area contributed by atoms with Crippen LogP contribution in [0.5, 0.6) is 0 Å². The number of nitrogen functional groups attached to an aromatic ring is 1. The van der Waals surface area contributed by atoms with Crippen LogP contribution in [0.15, 0.2) is 18.2 Å². The van der Waals surface area contributed by atoms with Crippen molar-refractivity contribution in [2.75, 3.05) is 5.73 Å². The maximum absolute atomic E-state index is 13.1. The number of anilines is 1. The molecule has 0 radical (unpaired) electrons. The summed E-state index contributed by atoms with van der Waals surface area (Å²) in [5, 5.41) is 11.7. The summed E-state index contributed by atoms with van der Waals surface area (Å²) in [4.78, 5) is 23.4. The molecule has 0 bridgehead atoms. The summed E-state index contributed by atoms with van der Waals surface area (Å²) in [6.07, 6.45) is 1.50. The van der Waals surface area contributed by atoms with Gasteiger partial charge < -0.3 is 16.2 Å². The molecule has 1 atom stereocenters. The lowest BCUT2D eigenvalue weighted by Gasteiger charge is -2.26. The fourth-order valence-corrected chi connectivity index (χ4v) is 2.02. The van der Waals surface area contributed by atoms with Crippen molar-refractivity contribution < 1.29 is 19.1 Å². The van der Waals surface area contributed by atoms with E-state index in [9.17, 15) is 19.1 Å². The minimum Gasteiger partial charge on any atom is -0.480 e. The Morgan fingerprint density at radius 2 is 2.11 bits per heavy atom. The van der Waals surface area contributed by atoms with E-state index >= 15 is 0 Å². The molecule has 1 aromatic rings. The van der Waals surface area contributed by atoms with Gasteiger partial charge in [-0.3, -0.25) is 4.79 Å². The van der Waals surface area contributed by atoms with Gasteiger partial charge in [0.25, 0.3) is 5.91 Å². The fourth-order valence-electron chi connectivity index (χ4n) is 2.02. The molecule has 0 spiro atoms. The zero-order chi connectivity index (χ0) is 14.2. The van der Waals surface area contributed by atoms with Gasteiger partial charge in [0.05, 0.1) is 5.56 Å². The van der Waals surface area contributed by atoms with Crippen molar-refractivity contribution >= 4 is 17.6 Å². The van der Waals surface area contributed by atoms with Gasteiger partial charge in [-0.1, -0.05) is 0 Å². The number of carboxylic acids is 1. The van der Waals surface area contributed by atoms with Crippen molar-refractivity contribution in [2.45, 2.75) is 25.3 Å². The summed E-state index contributed by atoms with van der Waals surface area (Å²) in [5.41, 5.74) is 4.33. The normalized spacial score (nSPS) is 17.6. The monoisotopic (exact) mass is 266 g/mol. The van der Waals surface area contributed by atoms with Crippen LogP contribution in [0.1, 0.15) is 30.1 Å². The third-order valence-electron chi connectivity index (χ3n) is 3.47. The molecule has 0 heterocycles. The van der Waals surface area contributed by atoms with E-state index in [1.807, 2.05) is 0 Å². The van der Waals surface area contributed by atoms with Crippen LogP contribution in [0.25, 0.3) is 0 Å². The van der Waals surface area contributed by atoms with Crippen LogP contribution in [-0.4, -0.2) is 22.5 Å². The highest BCUT2D eigenvalue weighted by atomic mass is 19.1. The first kappa shape index (κ1) is 13.3. The number of amides is 1. The maximum Gasteiger partial charge on any atom is 0.329 e. The van der Waals surface area contributed by atoms with E-state index in [0.717, 1.165) is 25.0 Å². The van der Waals surface area contributed by atoms with Crippen LogP contribution < -0.4 is 11.1 Å².